The molecule has 0 aromatic heterocycles. The quantitative estimate of drug-likeness (QED) is 0.346. The number of carboxylic acids is 3. The lowest BCUT2D eigenvalue weighted by molar-refractivity contribution is -0.225. The molecule has 164 valence electrons. The van der Waals surface area contributed by atoms with Crippen LogP contribution >= 0.6 is 0 Å². The van der Waals surface area contributed by atoms with E-state index in [1.54, 1.807) is 20.8 Å². The average Bonchev–Trinajstić information content (AvgIpc) is 2.55. The van der Waals surface area contributed by atoms with Gasteiger partial charge in [0.1, 0.15) is 5.41 Å². The molecule has 0 saturated carbocycles. The number of hydrogen-bond donors (Lipinski definition) is 4. The molecular weight excluding hydrogens is 364 g/mol. The van der Waals surface area contributed by atoms with Crippen molar-refractivity contribution in [3.05, 3.63) is 0 Å². The van der Waals surface area contributed by atoms with E-state index in [0.29, 0.717) is 38.5 Å². The summed E-state index contributed by atoms with van der Waals surface area (Å²) in [6.07, 6.45) is 2.87. The highest BCUT2D eigenvalue weighted by Crippen LogP contribution is 2.54. The van der Waals surface area contributed by atoms with E-state index in [9.17, 15) is 34.8 Å². The summed E-state index contributed by atoms with van der Waals surface area (Å²) in [5.74, 6) is -8.61. The van der Waals surface area contributed by atoms with Crippen LogP contribution in [0.1, 0.15) is 80.1 Å². The molecule has 7 heteroatoms. The van der Waals surface area contributed by atoms with Gasteiger partial charge in [-0.05, 0) is 30.6 Å². The summed E-state index contributed by atoms with van der Waals surface area (Å²) >= 11 is 0. The maximum Gasteiger partial charge on any atom is 0.337 e. The highest BCUT2D eigenvalue weighted by atomic mass is 16.4. The Morgan fingerprint density at radius 3 is 1.39 bits per heavy atom. The second-order valence-electron chi connectivity index (χ2n) is 8.21. The van der Waals surface area contributed by atoms with Gasteiger partial charge in [0, 0.05) is 0 Å². The fraction of sp³-hybridized carbons (Fsp3) is 0.857. The van der Waals surface area contributed by atoms with E-state index < -0.39 is 52.6 Å². The molecule has 0 aromatic rings. The van der Waals surface area contributed by atoms with E-state index >= 15 is 0 Å². The van der Waals surface area contributed by atoms with E-state index in [2.05, 4.69) is 0 Å². The first-order valence-electron chi connectivity index (χ1n) is 10.3. The molecule has 4 N–H and O–H groups in total. The summed E-state index contributed by atoms with van der Waals surface area (Å²) in [7, 11) is 0. The molecule has 0 fully saturated rings. The lowest BCUT2D eigenvalue weighted by Crippen LogP contribution is -2.69. The normalized spacial score (nSPS) is 20.2. The van der Waals surface area contributed by atoms with E-state index in [-0.39, 0.29) is 0 Å². The van der Waals surface area contributed by atoms with Gasteiger partial charge in [-0.1, -0.05) is 67.2 Å². The zero-order valence-electron chi connectivity index (χ0n) is 18.1. The van der Waals surface area contributed by atoms with E-state index in [0.717, 1.165) is 0 Å². The van der Waals surface area contributed by atoms with Crippen molar-refractivity contribution < 1.29 is 34.8 Å². The molecule has 0 aliphatic carbocycles. The van der Waals surface area contributed by atoms with Gasteiger partial charge in [-0.2, -0.15) is 0 Å². The predicted octanol–water partition coefficient (Wildman–Crippen LogP) is 3.88. The van der Waals surface area contributed by atoms with Crippen molar-refractivity contribution in [1.82, 2.24) is 0 Å². The van der Waals surface area contributed by atoms with Crippen molar-refractivity contribution in [2.45, 2.75) is 85.7 Å². The van der Waals surface area contributed by atoms with Gasteiger partial charge < -0.3 is 20.4 Å². The van der Waals surface area contributed by atoms with Crippen molar-refractivity contribution in [2.75, 3.05) is 0 Å². The number of aliphatic carboxylic acids is 3. The number of carbonyl (C=O) groups is 3. The van der Waals surface area contributed by atoms with E-state index in [1.807, 2.05) is 20.8 Å². The summed E-state index contributed by atoms with van der Waals surface area (Å²) < 4.78 is 0. The molecule has 0 aliphatic rings. The average molecular weight is 403 g/mol. The third-order valence-electron chi connectivity index (χ3n) is 6.34. The smallest absolute Gasteiger partial charge is 0.337 e. The van der Waals surface area contributed by atoms with E-state index in [4.69, 9.17) is 0 Å². The summed E-state index contributed by atoms with van der Waals surface area (Å²) in [5, 5.41) is 42.0. The number of aliphatic hydroxyl groups is 1. The van der Waals surface area contributed by atoms with Crippen LogP contribution in [0.3, 0.4) is 0 Å². The second-order valence-corrected chi connectivity index (χ2v) is 8.21. The number of carboxylic acid groups (broad SMARTS) is 3. The molecule has 0 heterocycles. The van der Waals surface area contributed by atoms with Gasteiger partial charge in [0.2, 0.25) is 0 Å². The van der Waals surface area contributed by atoms with Crippen molar-refractivity contribution in [2.24, 2.45) is 29.1 Å². The highest BCUT2D eigenvalue weighted by molar-refractivity contribution is 5.94. The molecule has 0 aliphatic heterocycles. The van der Waals surface area contributed by atoms with Crippen molar-refractivity contribution in [3.8, 4) is 0 Å². The van der Waals surface area contributed by atoms with Gasteiger partial charge in [0.25, 0.3) is 0 Å². The Morgan fingerprint density at radius 2 is 1.14 bits per heavy atom. The zero-order valence-corrected chi connectivity index (χ0v) is 18.1. The van der Waals surface area contributed by atoms with Gasteiger partial charge in [-0.15, -0.1) is 0 Å². The predicted molar refractivity (Wildman–Crippen MR) is 106 cm³/mol. The fourth-order valence-corrected chi connectivity index (χ4v) is 5.17. The molecule has 0 aromatic carbocycles. The van der Waals surface area contributed by atoms with Gasteiger partial charge in [-0.3, -0.25) is 9.59 Å². The van der Waals surface area contributed by atoms with Crippen LogP contribution in [0.25, 0.3) is 0 Å². The summed E-state index contributed by atoms with van der Waals surface area (Å²) in [6.45, 7) is 10.3. The molecule has 0 amide bonds. The first-order chi connectivity index (χ1) is 12.9. The molecule has 7 nitrogen and oxygen atoms in total. The molecule has 0 bridgehead atoms. The highest BCUT2D eigenvalue weighted by Gasteiger charge is 2.70. The standard InChI is InChI=1S/C21H38O7/c1-7-10-13(4)16(17(22)23)21(28,19(26)27)20(18(24)25,14(5)11-8-2)15(6)12-9-3/h13-16,28H,7-12H2,1-6H3,(H,22,23)(H,24,25)(H,26,27). The first-order valence-corrected chi connectivity index (χ1v) is 10.3. The van der Waals surface area contributed by atoms with Gasteiger partial charge in [-0.25, -0.2) is 4.79 Å². The topological polar surface area (TPSA) is 132 Å². The van der Waals surface area contributed by atoms with Crippen LogP contribution in [0.4, 0.5) is 0 Å². The molecule has 0 rings (SSSR count). The van der Waals surface area contributed by atoms with Crippen molar-refractivity contribution >= 4 is 17.9 Å². The van der Waals surface area contributed by atoms with Crippen LogP contribution in [0.2, 0.25) is 0 Å². The Hall–Kier alpha value is -1.63. The van der Waals surface area contributed by atoms with Crippen LogP contribution in [0.5, 0.6) is 0 Å². The third-order valence-corrected chi connectivity index (χ3v) is 6.34. The lowest BCUT2D eigenvalue weighted by Gasteiger charge is -2.52. The van der Waals surface area contributed by atoms with Crippen molar-refractivity contribution in [3.63, 3.8) is 0 Å². The monoisotopic (exact) mass is 402 g/mol. The van der Waals surface area contributed by atoms with Crippen molar-refractivity contribution in [1.29, 1.82) is 0 Å². The molecule has 0 saturated heterocycles. The molecule has 0 radical (unpaired) electrons. The first kappa shape index (κ1) is 26.4. The summed E-state index contributed by atoms with van der Waals surface area (Å²) in [6, 6.07) is 0. The molecule has 5 unspecified atom stereocenters. The van der Waals surface area contributed by atoms with Crippen LogP contribution in [0, 0.1) is 29.1 Å². The molecule has 5 atom stereocenters. The Bertz CT molecular complexity index is 533. The lowest BCUT2D eigenvalue weighted by atomic mass is 9.51. The number of hydrogen-bond acceptors (Lipinski definition) is 4. The van der Waals surface area contributed by atoms with Crippen LogP contribution in [0.15, 0.2) is 0 Å². The summed E-state index contributed by atoms with van der Waals surface area (Å²) in [5.41, 5.74) is -5.07. The number of rotatable bonds is 14. The Labute approximate surface area is 168 Å². The van der Waals surface area contributed by atoms with Crippen LogP contribution < -0.4 is 0 Å². The Morgan fingerprint density at radius 1 is 0.750 bits per heavy atom. The maximum atomic E-state index is 12.7. The minimum Gasteiger partial charge on any atom is -0.481 e. The SMILES string of the molecule is CCCC(C)C(C(=O)O)C(O)(C(=O)O)C(C(=O)O)(C(C)CCC)C(C)CCC. The largest absolute Gasteiger partial charge is 0.481 e. The molecule has 0 spiro atoms. The summed E-state index contributed by atoms with van der Waals surface area (Å²) in [4.78, 5) is 37.3. The minimum absolute atomic E-state index is 0.366. The third kappa shape index (κ3) is 4.50. The maximum absolute atomic E-state index is 12.7. The van der Waals surface area contributed by atoms with Crippen LogP contribution in [-0.2, 0) is 14.4 Å². The van der Waals surface area contributed by atoms with Crippen LogP contribution in [-0.4, -0.2) is 43.9 Å². The zero-order chi connectivity index (χ0) is 22.3. The molecular formula is C21H38O7. The fourth-order valence-electron chi connectivity index (χ4n) is 5.17. The Balaban J connectivity index is 7.10. The molecule has 28 heavy (non-hydrogen) atoms. The second kappa shape index (κ2) is 10.8. The minimum atomic E-state index is -2.94. The Kier molecular flexibility index (Phi) is 10.2. The van der Waals surface area contributed by atoms with Gasteiger partial charge >= 0.3 is 17.9 Å². The van der Waals surface area contributed by atoms with E-state index in [1.165, 1.54) is 0 Å². The van der Waals surface area contributed by atoms with Gasteiger partial charge in [0.05, 0.1) is 5.92 Å². The van der Waals surface area contributed by atoms with Gasteiger partial charge in [0.15, 0.2) is 5.60 Å².